The Labute approximate surface area is 117 Å². The van der Waals surface area contributed by atoms with E-state index in [1.807, 2.05) is 0 Å². The van der Waals surface area contributed by atoms with Crippen LogP contribution in [0, 0.1) is 0 Å². The number of aromatic nitrogens is 1. The van der Waals surface area contributed by atoms with Gasteiger partial charge in [0.05, 0.1) is 11.1 Å². The molecule has 110 valence electrons. The molecule has 0 amide bonds. The third-order valence-electron chi connectivity index (χ3n) is 2.93. The molecule has 0 saturated carbocycles. The van der Waals surface area contributed by atoms with Gasteiger partial charge < -0.3 is 9.67 Å². The Bertz CT molecular complexity index is 699. The summed E-state index contributed by atoms with van der Waals surface area (Å²) in [6.07, 6.45) is -3.14. The standard InChI is InChI=1S/C14H10F3NO3/c1-8(19)9-2-4-10(5-3-9)18-6-11(13(20)21)12(7-18)14(15,16)17/h2-7H,1H3,(H,20,21). The molecule has 2 aromatic rings. The minimum Gasteiger partial charge on any atom is -0.478 e. The average molecular weight is 297 g/mol. The number of Topliss-reactive ketones (excluding diaryl/α,β-unsaturated/α-hetero) is 1. The van der Waals surface area contributed by atoms with E-state index in [9.17, 15) is 22.8 Å². The number of nitrogens with zero attached hydrogens (tertiary/aromatic N) is 1. The topological polar surface area (TPSA) is 59.3 Å². The molecule has 0 unspecified atom stereocenters. The number of carboxylic acid groups (broad SMARTS) is 1. The van der Waals surface area contributed by atoms with Crippen molar-refractivity contribution in [2.45, 2.75) is 13.1 Å². The van der Waals surface area contributed by atoms with Crippen molar-refractivity contribution in [2.75, 3.05) is 0 Å². The Morgan fingerprint density at radius 1 is 1.10 bits per heavy atom. The number of halogens is 3. The number of rotatable bonds is 3. The van der Waals surface area contributed by atoms with Crippen molar-refractivity contribution < 1.29 is 27.9 Å². The first-order valence-electron chi connectivity index (χ1n) is 5.84. The molecule has 0 radical (unpaired) electrons. The number of hydrogen-bond acceptors (Lipinski definition) is 2. The van der Waals surface area contributed by atoms with Gasteiger partial charge >= 0.3 is 12.1 Å². The highest BCUT2D eigenvalue weighted by Gasteiger charge is 2.37. The quantitative estimate of drug-likeness (QED) is 0.883. The molecule has 0 atom stereocenters. The Hall–Kier alpha value is -2.57. The van der Waals surface area contributed by atoms with E-state index in [1.54, 1.807) is 0 Å². The van der Waals surface area contributed by atoms with Crippen molar-refractivity contribution in [1.82, 2.24) is 4.57 Å². The number of carbonyl (C=O) groups excluding carboxylic acids is 1. The van der Waals surface area contributed by atoms with E-state index in [1.165, 1.54) is 31.2 Å². The normalized spacial score (nSPS) is 11.4. The lowest BCUT2D eigenvalue weighted by Crippen LogP contribution is -2.09. The lowest BCUT2D eigenvalue weighted by molar-refractivity contribution is -0.138. The van der Waals surface area contributed by atoms with Crippen molar-refractivity contribution >= 4 is 11.8 Å². The highest BCUT2D eigenvalue weighted by Crippen LogP contribution is 2.33. The molecule has 21 heavy (non-hydrogen) atoms. The number of benzene rings is 1. The van der Waals surface area contributed by atoms with Gasteiger partial charge in [-0.05, 0) is 31.2 Å². The summed E-state index contributed by atoms with van der Waals surface area (Å²) in [6.45, 7) is 1.37. The highest BCUT2D eigenvalue weighted by molar-refractivity contribution is 5.94. The first-order valence-corrected chi connectivity index (χ1v) is 5.84. The fourth-order valence-corrected chi connectivity index (χ4v) is 1.87. The smallest absolute Gasteiger partial charge is 0.418 e. The molecule has 1 heterocycles. The SMILES string of the molecule is CC(=O)c1ccc(-n2cc(C(=O)O)c(C(F)(F)F)c2)cc1. The number of ketones is 1. The minimum atomic E-state index is -4.75. The van der Waals surface area contributed by atoms with Crippen LogP contribution in [-0.2, 0) is 6.18 Å². The molecular weight excluding hydrogens is 287 g/mol. The molecule has 0 aliphatic heterocycles. The number of aromatic carboxylic acids is 1. The third-order valence-corrected chi connectivity index (χ3v) is 2.93. The first-order chi connectivity index (χ1) is 9.70. The van der Waals surface area contributed by atoms with Gasteiger partial charge in [0, 0.05) is 23.6 Å². The van der Waals surface area contributed by atoms with Crippen molar-refractivity contribution in [3.63, 3.8) is 0 Å². The van der Waals surface area contributed by atoms with Crippen LogP contribution in [-0.4, -0.2) is 21.4 Å². The Morgan fingerprint density at radius 3 is 2.05 bits per heavy atom. The van der Waals surface area contributed by atoms with E-state index >= 15 is 0 Å². The molecule has 0 aliphatic rings. The fraction of sp³-hybridized carbons (Fsp3) is 0.143. The summed E-state index contributed by atoms with van der Waals surface area (Å²) in [7, 11) is 0. The van der Waals surface area contributed by atoms with E-state index < -0.39 is 23.3 Å². The first kappa shape index (κ1) is 14.8. The molecule has 4 nitrogen and oxygen atoms in total. The maximum absolute atomic E-state index is 12.8. The van der Waals surface area contributed by atoms with E-state index in [0.717, 1.165) is 10.8 Å². The fourth-order valence-electron chi connectivity index (χ4n) is 1.87. The van der Waals surface area contributed by atoms with Crippen LogP contribution < -0.4 is 0 Å². The second-order valence-corrected chi connectivity index (χ2v) is 4.40. The van der Waals surface area contributed by atoms with Crippen molar-refractivity contribution in [3.8, 4) is 5.69 Å². The number of alkyl halides is 3. The van der Waals surface area contributed by atoms with E-state index in [-0.39, 0.29) is 5.78 Å². The van der Waals surface area contributed by atoms with Crippen molar-refractivity contribution in [1.29, 1.82) is 0 Å². The summed E-state index contributed by atoms with van der Waals surface area (Å²) in [6, 6.07) is 5.82. The number of carbonyl (C=O) groups is 2. The zero-order valence-corrected chi connectivity index (χ0v) is 10.8. The maximum atomic E-state index is 12.8. The molecular formula is C14H10F3NO3. The zero-order valence-electron chi connectivity index (χ0n) is 10.8. The van der Waals surface area contributed by atoms with Crippen LogP contribution in [0.15, 0.2) is 36.7 Å². The summed E-state index contributed by atoms with van der Waals surface area (Å²) in [5.41, 5.74) is -1.29. The molecule has 1 aromatic carbocycles. The Balaban J connectivity index is 2.50. The van der Waals surface area contributed by atoms with Gasteiger partial charge in [0.15, 0.2) is 5.78 Å². The van der Waals surface area contributed by atoms with Crippen molar-refractivity contribution in [3.05, 3.63) is 53.3 Å². The molecule has 0 spiro atoms. The van der Waals surface area contributed by atoms with E-state index in [2.05, 4.69) is 0 Å². The van der Waals surface area contributed by atoms with Crippen LogP contribution in [0.25, 0.3) is 5.69 Å². The summed E-state index contributed by atoms with van der Waals surface area (Å²) in [5.74, 6) is -1.82. The lowest BCUT2D eigenvalue weighted by Gasteiger charge is -2.05. The van der Waals surface area contributed by atoms with Gasteiger partial charge in [-0.15, -0.1) is 0 Å². The Kier molecular flexibility index (Phi) is 3.59. The zero-order chi connectivity index (χ0) is 15.8. The van der Waals surface area contributed by atoms with E-state index in [0.29, 0.717) is 17.4 Å². The van der Waals surface area contributed by atoms with Crippen LogP contribution in [0.3, 0.4) is 0 Å². The molecule has 0 aliphatic carbocycles. The van der Waals surface area contributed by atoms with Crippen LogP contribution in [0.1, 0.15) is 33.2 Å². The van der Waals surface area contributed by atoms with Crippen LogP contribution >= 0.6 is 0 Å². The molecule has 7 heteroatoms. The van der Waals surface area contributed by atoms with Gasteiger partial charge in [-0.2, -0.15) is 13.2 Å². The molecule has 1 aromatic heterocycles. The predicted molar refractivity (Wildman–Crippen MR) is 67.7 cm³/mol. The lowest BCUT2D eigenvalue weighted by atomic mass is 10.1. The van der Waals surface area contributed by atoms with Gasteiger partial charge in [0.25, 0.3) is 0 Å². The Morgan fingerprint density at radius 2 is 1.67 bits per heavy atom. The molecule has 0 fully saturated rings. The molecule has 1 N–H and O–H groups in total. The second kappa shape index (κ2) is 5.08. The van der Waals surface area contributed by atoms with Gasteiger partial charge in [0.2, 0.25) is 0 Å². The van der Waals surface area contributed by atoms with Crippen LogP contribution in [0.2, 0.25) is 0 Å². The third kappa shape index (κ3) is 2.96. The molecule has 0 saturated heterocycles. The van der Waals surface area contributed by atoms with Crippen LogP contribution in [0.5, 0.6) is 0 Å². The number of carboxylic acids is 1. The summed E-state index contributed by atoms with van der Waals surface area (Å²) in [4.78, 5) is 22.0. The minimum absolute atomic E-state index is 0.170. The van der Waals surface area contributed by atoms with Gasteiger partial charge in [0.1, 0.15) is 0 Å². The molecule has 0 bridgehead atoms. The average Bonchev–Trinajstić information content (AvgIpc) is 2.84. The van der Waals surface area contributed by atoms with E-state index in [4.69, 9.17) is 5.11 Å². The summed E-state index contributed by atoms with van der Waals surface area (Å²) in [5, 5.41) is 8.85. The molecule has 2 rings (SSSR count). The van der Waals surface area contributed by atoms with Crippen LogP contribution in [0.4, 0.5) is 13.2 Å². The van der Waals surface area contributed by atoms with Gasteiger partial charge in [-0.1, -0.05) is 0 Å². The predicted octanol–water partition coefficient (Wildman–Crippen LogP) is 3.40. The van der Waals surface area contributed by atoms with Crippen molar-refractivity contribution in [2.24, 2.45) is 0 Å². The summed E-state index contributed by atoms with van der Waals surface area (Å²) < 4.78 is 39.4. The summed E-state index contributed by atoms with van der Waals surface area (Å²) >= 11 is 0. The second-order valence-electron chi connectivity index (χ2n) is 4.40. The van der Waals surface area contributed by atoms with Gasteiger partial charge in [-0.3, -0.25) is 4.79 Å². The largest absolute Gasteiger partial charge is 0.478 e. The van der Waals surface area contributed by atoms with Gasteiger partial charge in [-0.25, -0.2) is 4.79 Å². The highest BCUT2D eigenvalue weighted by atomic mass is 19.4. The maximum Gasteiger partial charge on any atom is 0.418 e. The monoisotopic (exact) mass is 297 g/mol. The number of hydrogen-bond donors (Lipinski definition) is 1.